The average molecular weight is 335 g/mol. The van der Waals surface area contributed by atoms with Crippen molar-refractivity contribution in [2.45, 2.75) is 33.4 Å². The van der Waals surface area contributed by atoms with Gasteiger partial charge in [0, 0.05) is 6.54 Å². The first kappa shape index (κ1) is 17.1. The molecule has 0 saturated carbocycles. The molecule has 1 N–H and O–H groups in total. The van der Waals surface area contributed by atoms with E-state index in [1.165, 1.54) is 0 Å². The third-order valence-corrected chi connectivity index (χ3v) is 4.11. The first-order chi connectivity index (χ1) is 10.9. The minimum absolute atomic E-state index is 0.0641. The Labute approximate surface area is 139 Å². The van der Waals surface area contributed by atoms with Gasteiger partial charge in [0.25, 0.3) is 0 Å². The van der Waals surface area contributed by atoms with Crippen molar-refractivity contribution < 1.29 is 19.4 Å². The highest BCUT2D eigenvalue weighted by molar-refractivity contribution is 7.17. The summed E-state index contributed by atoms with van der Waals surface area (Å²) in [5, 5.41) is 14.6. The summed E-state index contributed by atoms with van der Waals surface area (Å²) in [7, 11) is 1.59. The van der Waals surface area contributed by atoms with Crippen molar-refractivity contribution >= 4 is 22.4 Å². The van der Waals surface area contributed by atoms with Gasteiger partial charge >= 0.3 is 0 Å². The van der Waals surface area contributed by atoms with Crippen LogP contribution in [-0.4, -0.2) is 24.2 Å². The van der Waals surface area contributed by atoms with Crippen LogP contribution < -0.4 is 19.9 Å². The number of rotatable bonds is 7. The van der Waals surface area contributed by atoms with Gasteiger partial charge in [-0.25, -0.2) is 4.98 Å². The van der Waals surface area contributed by atoms with E-state index in [2.05, 4.69) is 10.3 Å². The molecule has 2 aromatic rings. The first-order valence-corrected chi connectivity index (χ1v) is 7.98. The number of methoxy groups -OCH3 is 1. The molecule has 0 saturated heterocycles. The summed E-state index contributed by atoms with van der Waals surface area (Å²) in [6.45, 7) is 6.05. The number of hydrogen-bond donors (Lipinski definition) is 1. The van der Waals surface area contributed by atoms with Gasteiger partial charge in [-0.2, -0.15) is 0 Å². The third kappa shape index (κ3) is 4.35. The SMILES string of the molecule is COc1cc(CNc2nc(C)c(C(=O)[O-])s2)ccc1OC(C)C. The van der Waals surface area contributed by atoms with Crippen LogP contribution in [0.5, 0.6) is 11.5 Å². The molecule has 2 rings (SSSR count). The standard InChI is InChI=1S/C16H20N2O4S/c1-9(2)22-12-6-5-11(7-13(12)21-4)8-17-16-18-10(3)14(23-16)15(19)20/h5-7,9H,8H2,1-4H3,(H,17,18)(H,19,20)/p-1. The Bertz CT molecular complexity index is 697. The summed E-state index contributed by atoms with van der Waals surface area (Å²) in [6, 6.07) is 5.66. The molecule has 0 unspecified atom stereocenters. The number of aryl methyl sites for hydroxylation is 1. The lowest BCUT2D eigenvalue weighted by atomic mass is 10.2. The van der Waals surface area contributed by atoms with Gasteiger partial charge in [0.15, 0.2) is 16.6 Å². The zero-order valence-corrected chi connectivity index (χ0v) is 14.3. The highest BCUT2D eigenvalue weighted by atomic mass is 32.1. The molecule has 0 amide bonds. The summed E-state index contributed by atoms with van der Waals surface area (Å²) in [6.07, 6.45) is 0.0641. The highest BCUT2D eigenvalue weighted by Crippen LogP contribution is 2.29. The van der Waals surface area contributed by atoms with Crippen molar-refractivity contribution in [1.82, 2.24) is 4.98 Å². The number of carbonyl (C=O) groups is 1. The fraction of sp³-hybridized carbons (Fsp3) is 0.375. The summed E-state index contributed by atoms with van der Waals surface area (Å²) < 4.78 is 11.0. The number of aromatic nitrogens is 1. The number of benzene rings is 1. The second-order valence-corrected chi connectivity index (χ2v) is 6.23. The summed E-state index contributed by atoms with van der Waals surface area (Å²) in [5.41, 5.74) is 1.43. The number of ether oxygens (including phenoxy) is 2. The molecule has 1 heterocycles. The predicted octanol–water partition coefficient (Wildman–Crippen LogP) is 2.22. The first-order valence-electron chi connectivity index (χ1n) is 7.17. The lowest BCUT2D eigenvalue weighted by Gasteiger charge is -2.14. The Morgan fingerprint density at radius 1 is 1.39 bits per heavy atom. The Balaban J connectivity index is 2.08. The van der Waals surface area contributed by atoms with Crippen LogP contribution in [0.2, 0.25) is 0 Å². The summed E-state index contributed by atoms with van der Waals surface area (Å²) in [4.78, 5) is 15.2. The van der Waals surface area contributed by atoms with Gasteiger partial charge < -0.3 is 24.7 Å². The van der Waals surface area contributed by atoms with Crippen molar-refractivity contribution in [1.29, 1.82) is 0 Å². The van der Waals surface area contributed by atoms with Gasteiger partial charge in [0.1, 0.15) is 0 Å². The van der Waals surface area contributed by atoms with Crippen LogP contribution in [-0.2, 0) is 6.54 Å². The number of nitrogens with one attached hydrogen (secondary N) is 1. The average Bonchev–Trinajstić information content (AvgIpc) is 2.87. The maximum Gasteiger partial charge on any atom is 0.183 e. The lowest BCUT2D eigenvalue weighted by Crippen LogP contribution is -2.21. The molecule has 0 aliphatic rings. The van der Waals surface area contributed by atoms with Gasteiger partial charge in [-0.15, -0.1) is 0 Å². The molecule has 0 radical (unpaired) electrons. The van der Waals surface area contributed by atoms with Crippen LogP contribution in [0.4, 0.5) is 5.13 Å². The van der Waals surface area contributed by atoms with Crippen LogP contribution in [0.25, 0.3) is 0 Å². The molecular formula is C16H19N2O4S-. The van der Waals surface area contributed by atoms with Crippen LogP contribution in [0.15, 0.2) is 18.2 Å². The number of thiazole rings is 1. The molecule has 6 nitrogen and oxygen atoms in total. The van der Waals surface area contributed by atoms with Crippen molar-refractivity contribution in [2.75, 3.05) is 12.4 Å². The van der Waals surface area contributed by atoms with Gasteiger partial charge in [-0.3, -0.25) is 0 Å². The molecule has 0 atom stereocenters. The van der Waals surface area contributed by atoms with Crippen LogP contribution >= 0.6 is 11.3 Å². The molecular weight excluding hydrogens is 316 g/mol. The Hall–Kier alpha value is -2.28. The largest absolute Gasteiger partial charge is 0.544 e. The van der Waals surface area contributed by atoms with E-state index in [0.29, 0.717) is 28.9 Å². The monoisotopic (exact) mass is 335 g/mol. The number of carboxylic acids is 1. The molecule has 0 aliphatic carbocycles. The number of carbonyl (C=O) groups excluding carboxylic acids is 1. The topological polar surface area (TPSA) is 83.5 Å². The second kappa shape index (κ2) is 7.32. The minimum atomic E-state index is -1.20. The minimum Gasteiger partial charge on any atom is -0.544 e. The number of aromatic carboxylic acids is 1. The van der Waals surface area contributed by atoms with E-state index >= 15 is 0 Å². The molecule has 23 heavy (non-hydrogen) atoms. The Kier molecular flexibility index (Phi) is 5.44. The zero-order valence-electron chi connectivity index (χ0n) is 13.5. The van der Waals surface area contributed by atoms with Crippen LogP contribution in [0.3, 0.4) is 0 Å². The maximum atomic E-state index is 10.9. The fourth-order valence-corrected chi connectivity index (χ4v) is 2.81. The summed E-state index contributed by atoms with van der Waals surface area (Å²) in [5.74, 6) is 0.143. The van der Waals surface area contributed by atoms with Crippen LogP contribution in [0, 0.1) is 6.92 Å². The van der Waals surface area contributed by atoms with E-state index in [4.69, 9.17) is 9.47 Å². The van der Waals surface area contributed by atoms with E-state index in [9.17, 15) is 9.90 Å². The zero-order chi connectivity index (χ0) is 17.0. The van der Waals surface area contributed by atoms with E-state index in [1.54, 1.807) is 14.0 Å². The van der Waals surface area contributed by atoms with Crippen molar-refractivity contribution in [3.63, 3.8) is 0 Å². The van der Waals surface area contributed by atoms with E-state index < -0.39 is 5.97 Å². The number of carboxylic acid groups (broad SMARTS) is 1. The predicted molar refractivity (Wildman–Crippen MR) is 87.3 cm³/mol. The quantitative estimate of drug-likeness (QED) is 0.835. The number of anilines is 1. The molecule has 124 valence electrons. The highest BCUT2D eigenvalue weighted by Gasteiger charge is 2.10. The number of nitrogens with zero attached hydrogens (tertiary/aromatic N) is 1. The van der Waals surface area contributed by atoms with Crippen molar-refractivity contribution in [3.05, 3.63) is 34.3 Å². The number of hydrogen-bond acceptors (Lipinski definition) is 7. The molecule has 1 aromatic heterocycles. The Morgan fingerprint density at radius 3 is 2.70 bits per heavy atom. The second-order valence-electron chi connectivity index (χ2n) is 5.23. The maximum absolute atomic E-state index is 10.9. The Morgan fingerprint density at radius 2 is 2.13 bits per heavy atom. The van der Waals surface area contributed by atoms with Gasteiger partial charge in [0.2, 0.25) is 0 Å². The van der Waals surface area contributed by atoms with Crippen molar-refractivity contribution in [2.24, 2.45) is 0 Å². The van der Waals surface area contributed by atoms with Crippen LogP contribution in [0.1, 0.15) is 34.8 Å². The summed E-state index contributed by atoms with van der Waals surface area (Å²) >= 11 is 1.07. The van der Waals surface area contributed by atoms with Gasteiger partial charge in [-0.05, 0) is 38.5 Å². The van der Waals surface area contributed by atoms with Gasteiger partial charge in [0.05, 0.1) is 29.8 Å². The van der Waals surface area contributed by atoms with Crippen molar-refractivity contribution in [3.8, 4) is 11.5 Å². The van der Waals surface area contributed by atoms with E-state index in [0.717, 1.165) is 16.9 Å². The third-order valence-electron chi connectivity index (χ3n) is 3.02. The lowest BCUT2D eigenvalue weighted by molar-refractivity contribution is -0.254. The smallest absolute Gasteiger partial charge is 0.183 e. The molecule has 1 aromatic carbocycles. The van der Waals surface area contributed by atoms with E-state index in [1.807, 2.05) is 32.0 Å². The normalized spacial score (nSPS) is 10.7. The molecule has 0 bridgehead atoms. The molecule has 7 heteroatoms. The molecule has 0 fully saturated rings. The molecule has 0 spiro atoms. The van der Waals surface area contributed by atoms with E-state index in [-0.39, 0.29) is 11.0 Å². The fourth-order valence-electron chi connectivity index (χ4n) is 2.01. The van der Waals surface area contributed by atoms with Gasteiger partial charge in [-0.1, -0.05) is 17.4 Å². The molecule has 0 aliphatic heterocycles.